The average molecular weight is 415 g/mol. The summed E-state index contributed by atoms with van der Waals surface area (Å²) in [5.41, 5.74) is 4.66. The maximum Gasteiger partial charge on any atom is 0.274 e. The third-order valence-electron chi connectivity index (χ3n) is 5.55. The number of hydrogen-bond acceptors (Lipinski definition) is 4. The van der Waals surface area contributed by atoms with Gasteiger partial charge in [-0.2, -0.15) is 0 Å². The number of carbonyl (C=O) groups is 2. The summed E-state index contributed by atoms with van der Waals surface area (Å²) >= 11 is 0. The van der Waals surface area contributed by atoms with E-state index in [0.29, 0.717) is 31.9 Å². The summed E-state index contributed by atoms with van der Waals surface area (Å²) in [7, 11) is 0. The zero-order valence-electron chi connectivity index (χ0n) is 17.7. The SMILES string of the molecule is Cc1cc(/C=C/C(=O)N2CCN(C(=O)c3cnccn3)CC2)c(C)n1-c1ccccc1. The van der Waals surface area contributed by atoms with Crippen LogP contribution in [-0.2, 0) is 4.79 Å². The summed E-state index contributed by atoms with van der Waals surface area (Å²) in [6.07, 6.45) is 8.01. The highest BCUT2D eigenvalue weighted by Gasteiger charge is 2.24. The highest BCUT2D eigenvalue weighted by molar-refractivity contribution is 5.93. The lowest BCUT2D eigenvalue weighted by atomic mass is 10.2. The van der Waals surface area contributed by atoms with Gasteiger partial charge in [-0.15, -0.1) is 0 Å². The predicted octanol–water partition coefficient (Wildman–Crippen LogP) is 2.88. The molecule has 4 rings (SSSR count). The van der Waals surface area contributed by atoms with E-state index in [2.05, 4.69) is 46.6 Å². The van der Waals surface area contributed by atoms with Crippen LogP contribution in [0.25, 0.3) is 11.8 Å². The fourth-order valence-electron chi connectivity index (χ4n) is 3.90. The van der Waals surface area contributed by atoms with Crippen LogP contribution in [0.1, 0.15) is 27.4 Å². The predicted molar refractivity (Wildman–Crippen MR) is 119 cm³/mol. The maximum atomic E-state index is 12.7. The number of nitrogens with zero attached hydrogens (tertiary/aromatic N) is 5. The number of amides is 2. The molecule has 0 radical (unpaired) electrons. The van der Waals surface area contributed by atoms with Gasteiger partial charge in [0.25, 0.3) is 5.91 Å². The van der Waals surface area contributed by atoms with Crippen LogP contribution in [0.5, 0.6) is 0 Å². The fourth-order valence-corrected chi connectivity index (χ4v) is 3.90. The highest BCUT2D eigenvalue weighted by Crippen LogP contribution is 2.21. The molecule has 1 fully saturated rings. The van der Waals surface area contributed by atoms with E-state index in [1.165, 1.54) is 18.6 Å². The third-order valence-corrected chi connectivity index (χ3v) is 5.55. The first-order chi connectivity index (χ1) is 15.0. The van der Waals surface area contributed by atoms with E-state index >= 15 is 0 Å². The van der Waals surface area contributed by atoms with Crippen molar-refractivity contribution in [3.05, 3.63) is 83.7 Å². The zero-order chi connectivity index (χ0) is 21.8. The van der Waals surface area contributed by atoms with Crippen molar-refractivity contribution in [3.63, 3.8) is 0 Å². The minimum absolute atomic E-state index is 0.0453. The second-order valence-electron chi connectivity index (χ2n) is 7.54. The molecule has 1 aromatic carbocycles. The standard InChI is InChI=1S/C24H25N5O2/c1-18-16-20(19(2)29(18)21-6-4-3-5-7-21)8-9-23(30)27-12-14-28(15-13-27)24(31)22-17-25-10-11-26-22/h3-11,16-17H,12-15H2,1-2H3/b9-8+. The van der Waals surface area contributed by atoms with Gasteiger partial charge < -0.3 is 14.4 Å². The molecule has 7 nitrogen and oxygen atoms in total. The molecule has 0 aliphatic carbocycles. The molecular weight excluding hydrogens is 390 g/mol. The van der Waals surface area contributed by atoms with Crippen molar-refractivity contribution >= 4 is 17.9 Å². The number of rotatable bonds is 4. The van der Waals surface area contributed by atoms with Gasteiger partial charge in [0.05, 0.1) is 6.20 Å². The molecule has 0 bridgehead atoms. The van der Waals surface area contributed by atoms with Gasteiger partial charge in [0.2, 0.25) is 5.91 Å². The number of para-hydroxylation sites is 1. The molecule has 1 aliphatic rings. The minimum Gasteiger partial charge on any atom is -0.336 e. The van der Waals surface area contributed by atoms with Gasteiger partial charge in [-0.05, 0) is 43.7 Å². The van der Waals surface area contributed by atoms with E-state index in [1.54, 1.807) is 15.9 Å². The van der Waals surface area contributed by atoms with Crippen LogP contribution in [0, 0.1) is 13.8 Å². The van der Waals surface area contributed by atoms with Crippen molar-refractivity contribution in [2.45, 2.75) is 13.8 Å². The summed E-state index contributed by atoms with van der Waals surface area (Å²) in [4.78, 5) is 36.7. The molecule has 0 atom stereocenters. The lowest BCUT2D eigenvalue weighted by Gasteiger charge is -2.34. The van der Waals surface area contributed by atoms with Crippen LogP contribution < -0.4 is 0 Å². The zero-order valence-corrected chi connectivity index (χ0v) is 17.7. The Bertz CT molecular complexity index is 1100. The molecule has 3 heterocycles. The molecular formula is C24H25N5O2. The Kier molecular flexibility index (Phi) is 5.93. The smallest absolute Gasteiger partial charge is 0.274 e. The lowest BCUT2D eigenvalue weighted by molar-refractivity contribution is -0.127. The molecule has 1 saturated heterocycles. The summed E-state index contributed by atoms with van der Waals surface area (Å²) in [5, 5.41) is 0. The number of carbonyl (C=O) groups excluding carboxylic acids is 2. The molecule has 2 amide bonds. The van der Waals surface area contributed by atoms with Crippen molar-refractivity contribution in [1.29, 1.82) is 0 Å². The molecule has 0 unspecified atom stereocenters. The van der Waals surface area contributed by atoms with Crippen LogP contribution in [0.4, 0.5) is 0 Å². The van der Waals surface area contributed by atoms with E-state index in [4.69, 9.17) is 0 Å². The number of aromatic nitrogens is 3. The van der Waals surface area contributed by atoms with Crippen LogP contribution in [0.15, 0.2) is 61.1 Å². The first-order valence-corrected chi connectivity index (χ1v) is 10.3. The summed E-state index contributed by atoms with van der Waals surface area (Å²) in [6, 6.07) is 12.3. The van der Waals surface area contributed by atoms with Gasteiger partial charge in [-0.3, -0.25) is 14.6 Å². The summed E-state index contributed by atoms with van der Waals surface area (Å²) in [6.45, 7) is 6.08. The van der Waals surface area contributed by atoms with Crippen molar-refractivity contribution in [3.8, 4) is 5.69 Å². The van der Waals surface area contributed by atoms with Crippen molar-refractivity contribution in [2.24, 2.45) is 0 Å². The average Bonchev–Trinajstić information content (AvgIpc) is 3.11. The molecule has 0 N–H and O–H groups in total. The van der Waals surface area contributed by atoms with E-state index in [1.807, 2.05) is 24.3 Å². The van der Waals surface area contributed by atoms with Crippen LogP contribution in [-0.4, -0.2) is 62.3 Å². The van der Waals surface area contributed by atoms with Gasteiger partial charge in [-0.25, -0.2) is 4.98 Å². The molecule has 0 saturated carbocycles. The second kappa shape index (κ2) is 8.95. The fraction of sp³-hybridized carbons (Fsp3) is 0.250. The topological polar surface area (TPSA) is 71.3 Å². The molecule has 158 valence electrons. The highest BCUT2D eigenvalue weighted by atomic mass is 16.2. The first-order valence-electron chi connectivity index (χ1n) is 10.3. The van der Waals surface area contributed by atoms with Gasteiger partial charge in [0.15, 0.2) is 0 Å². The van der Waals surface area contributed by atoms with E-state index in [0.717, 1.165) is 22.6 Å². The lowest BCUT2D eigenvalue weighted by Crippen LogP contribution is -2.50. The molecule has 0 spiro atoms. The molecule has 1 aliphatic heterocycles. The second-order valence-corrected chi connectivity index (χ2v) is 7.54. The Morgan fingerprint density at radius 2 is 1.68 bits per heavy atom. The van der Waals surface area contributed by atoms with E-state index < -0.39 is 0 Å². The number of benzene rings is 1. The van der Waals surface area contributed by atoms with Crippen LogP contribution in [0.2, 0.25) is 0 Å². The largest absolute Gasteiger partial charge is 0.336 e. The molecule has 31 heavy (non-hydrogen) atoms. The van der Waals surface area contributed by atoms with Crippen LogP contribution >= 0.6 is 0 Å². The van der Waals surface area contributed by atoms with Crippen molar-refractivity contribution in [1.82, 2.24) is 24.3 Å². The Labute approximate surface area is 181 Å². The van der Waals surface area contributed by atoms with Crippen LogP contribution in [0.3, 0.4) is 0 Å². The monoisotopic (exact) mass is 415 g/mol. The Morgan fingerprint density at radius 3 is 2.35 bits per heavy atom. The van der Waals surface area contributed by atoms with Gasteiger partial charge >= 0.3 is 0 Å². The van der Waals surface area contributed by atoms with Crippen molar-refractivity contribution < 1.29 is 9.59 Å². The normalized spacial score (nSPS) is 14.3. The van der Waals surface area contributed by atoms with Crippen molar-refractivity contribution in [2.75, 3.05) is 26.2 Å². The quantitative estimate of drug-likeness (QED) is 0.615. The summed E-state index contributed by atoms with van der Waals surface area (Å²) in [5.74, 6) is -0.194. The van der Waals surface area contributed by atoms with E-state index in [9.17, 15) is 9.59 Å². The number of hydrogen-bond donors (Lipinski definition) is 0. The Morgan fingerprint density at radius 1 is 0.968 bits per heavy atom. The number of piperazine rings is 1. The Hall–Kier alpha value is -3.74. The van der Waals surface area contributed by atoms with E-state index in [-0.39, 0.29) is 11.8 Å². The maximum absolute atomic E-state index is 12.7. The Balaban J connectivity index is 1.39. The summed E-state index contributed by atoms with van der Waals surface area (Å²) < 4.78 is 2.18. The van der Waals surface area contributed by atoms with Gasteiger partial charge in [0.1, 0.15) is 5.69 Å². The first kappa shape index (κ1) is 20.5. The third kappa shape index (κ3) is 4.40. The number of aryl methyl sites for hydroxylation is 1. The van der Waals surface area contributed by atoms with Gasteiger partial charge in [0, 0.05) is 61.7 Å². The minimum atomic E-state index is -0.149. The molecule has 7 heteroatoms. The molecule has 3 aromatic rings. The van der Waals surface area contributed by atoms with Gasteiger partial charge in [-0.1, -0.05) is 18.2 Å². The molecule has 2 aromatic heterocycles.